The van der Waals surface area contributed by atoms with Gasteiger partial charge in [0.1, 0.15) is 0 Å². The van der Waals surface area contributed by atoms with E-state index < -0.39 is 0 Å². The van der Waals surface area contributed by atoms with Gasteiger partial charge in [0.25, 0.3) is 0 Å². The molecule has 110 valence electrons. The molecule has 1 heterocycles. The van der Waals surface area contributed by atoms with Crippen LogP contribution in [0.4, 0.5) is 0 Å². The number of thiazole rings is 1. The molecule has 2 N–H and O–H groups in total. The molecule has 0 saturated carbocycles. The number of aromatic nitrogens is 1. The molecule has 1 aromatic rings. The highest BCUT2D eigenvalue weighted by Gasteiger charge is 2.31. The highest BCUT2D eigenvalue weighted by atomic mass is 32.1. The molecule has 3 nitrogen and oxygen atoms in total. The third kappa shape index (κ3) is 4.55. The molecule has 2 atom stereocenters. The molecule has 0 radical (unpaired) electrons. The van der Waals surface area contributed by atoms with Gasteiger partial charge < -0.3 is 10.5 Å². The lowest BCUT2D eigenvalue weighted by Gasteiger charge is -2.33. The molecule has 19 heavy (non-hydrogen) atoms. The van der Waals surface area contributed by atoms with E-state index in [0.29, 0.717) is 0 Å². The fourth-order valence-corrected chi connectivity index (χ4v) is 3.32. The first-order valence-electron chi connectivity index (χ1n) is 6.79. The predicted molar refractivity (Wildman–Crippen MR) is 82.7 cm³/mol. The van der Waals surface area contributed by atoms with E-state index in [1.54, 1.807) is 18.4 Å². The van der Waals surface area contributed by atoms with Crippen molar-refractivity contribution in [3.63, 3.8) is 0 Å². The molecule has 0 bridgehead atoms. The van der Waals surface area contributed by atoms with Crippen molar-refractivity contribution >= 4 is 11.3 Å². The van der Waals surface area contributed by atoms with Gasteiger partial charge in [-0.1, -0.05) is 41.5 Å². The van der Waals surface area contributed by atoms with E-state index in [1.165, 1.54) is 0 Å². The van der Waals surface area contributed by atoms with Gasteiger partial charge in [-0.15, -0.1) is 11.3 Å². The van der Waals surface area contributed by atoms with Crippen LogP contribution >= 0.6 is 11.3 Å². The summed E-state index contributed by atoms with van der Waals surface area (Å²) in [5, 5.41) is 3.24. The summed E-state index contributed by atoms with van der Waals surface area (Å²) in [6.07, 6.45) is 0.811. The third-order valence-electron chi connectivity index (χ3n) is 3.23. The Labute approximate surface area is 121 Å². The van der Waals surface area contributed by atoms with Crippen LogP contribution in [0, 0.1) is 5.41 Å². The average Bonchev–Trinajstić information content (AvgIpc) is 2.63. The zero-order valence-electron chi connectivity index (χ0n) is 13.3. The Morgan fingerprint density at radius 1 is 1.26 bits per heavy atom. The molecule has 0 aliphatic rings. The molecule has 4 heteroatoms. The summed E-state index contributed by atoms with van der Waals surface area (Å²) in [6.45, 7) is 13.0. The molecule has 0 aromatic carbocycles. The van der Waals surface area contributed by atoms with E-state index >= 15 is 0 Å². The molecule has 0 aliphatic heterocycles. The Bertz CT molecular complexity index is 401. The molecular formula is C15H28N2OS. The van der Waals surface area contributed by atoms with E-state index in [1.807, 2.05) is 0 Å². The van der Waals surface area contributed by atoms with Crippen LogP contribution in [-0.4, -0.2) is 24.2 Å². The first-order valence-corrected chi connectivity index (χ1v) is 7.67. The summed E-state index contributed by atoms with van der Waals surface area (Å²) in [7, 11) is 1.73. The quantitative estimate of drug-likeness (QED) is 0.922. The van der Waals surface area contributed by atoms with E-state index in [0.717, 1.165) is 17.1 Å². The number of rotatable bonds is 4. The van der Waals surface area contributed by atoms with E-state index in [9.17, 15) is 0 Å². The molecule has 0 spiro atoms. The van der Waals surface area contributed by atoms with Gasteiger partial charge in [0, 0.05) is 30.4 Å². The maximum atomic E-state index is 6.31. The van der Waals surface area contributed by atoms with Crippen molar-refractivity contribution in [1.29, 1.82) is 0 Å². The van der Waals surface area contributed by atoms with Crippen molar-refractivity contribution in [2.24, 2.45) is 11.1 Å². The SMILES string of the molecule is COC(C(N)Cc1nc(C(C)(C)C)cs1)C(C)(C)C. The third-order valence-corrected chi connectivity index (χ3v) is 4.10. The molecule has 0 amide bonds. The van der Waals surface area contributed by atoms with Gasteiger partial charge >= 0.3 is 0 Å². The Morgan fingerprint density at radius 3 is 2.21 bits per heavy atom. The maximum absolute atomic E-state index is 6.31. The number of ether oxygens (including phenoxy) is 1. The van der Waals surface area contributed by atoms with Crippen LogP contribution in [0.2, 0.25) is 0 Å². The van der Waals surface area contributed by atoms with Crippen LogP contribution in [0.3, 0.4) is 0 Å². The first kappa shape index (κ1) is 16.6. The molecule has 0 saturated heterocycles. The fraction of sp³-hybridized carbons (Fsp3) is 0.800. The van der Waals surface area contributed by atoms with Crippen molar-refractivity contribution in [3.8, 4) is 0 Å². The van der Waals surface area contributed by atoms with Crippen molar-refractivity contribution in [1.82, 2.24) is 4.98 Å². The largest absolute Gasteiger partial charge is 0.379 e. The topological polar surface area (TPSA) is 48.1 Å². The zero-order chi connectivity index (χ0) is 14.8. The number of nitrogens with two attached hydrogens (primary N) is 1. The smallest absolute Gasteiger partial charge is 0.0944 e. The van der Waals surface area contributed by atoms with Gasteiger partial charge in [0.2, 0.25) is 0 Å². The number of methoxy groups -OCH3 is 1. The minimum Gasteiger partial charge on any atom is -0.379 e. The highest BCUT2D eigenvalue weighted by molar-refractivity contribution is 7.09. The standard InChI is InChI=1S/C15H28N2OS/c1-14(2,3)11-9-19-12(17-11)8-10(16)13(18-7)15(4,5)6/h9-10,13H,8,16H2,1-7H3. The monoisotopic (exact) mass is 284 g/mol. The number of hydrogen-bond acceptors (Lipinski definition) is 4. The molecule has 1 rings (SSSR count). The first-order chi connectivity index (χ1) is 8.55. The summed E-state index contributed by atoms with van der Waals surface area (Å²) < 4.78 is 5.57. The lowest BCUT2D eigenvalue weighted by molar-refractivity contribution is -0.00167. The van der Waals surface area contributed by atoms with Crippen LogP contribution in [0.25, 0.3) is 0 Å². The molecule has 1 aromatic heterocycles. The Balaban J connectivity index is 2.77. The summed E-state index contributed by atoms with van der Waals surface area (Å²) in [5.74, 6) is 0. The van der Waals surface area contributed by atoms with Gasteiger partial charge in [-0.05, 0) is 5.41 Å². The summed E-state index contributed by atoms with van der Waals surface area (Å²) in [4.78, 5) is 4.70. The van der Waals surface area contributed by atoms with E-state index in [2.05, 4.69) is 46.9 Å². The van der Waals surface area contributed by atoms with Crippen molar-refractivity contribution < 1.29 is 4.74 Å². The Hall–Kier alpha value is -0.450. The minimum absolute atomic E-state index is 0.0241. The van der Waals surface area contributed by atoms with E-state index in [4.69, 9.17) is 15.5 Å². The zero-order valence-corrected chi connectivity index (χ0v) is 14.1. The second kappa shape index (κ2) is 5.90. The Kier molecular flexibility index (Phi) is 5.15. The van der Waals surface area contributed by atoms with Crippen LogP contribution in [0.15, 0.2) is 5.38 Å². The second-order valence-corrected chi connectivity index (χ2v) is 8.21. The number of nitrogens with zero attached hydrogens (tertiary/aromatic N) is 1. The van der Waals surface area contributed by atoms with Crippen molar-refractivity contribution in [2.45, 2.75) is 65.5 Å². The van der Waals surface area contributed by atoms with Gasteiger partial charge in [-0.2, -0.15) is 0 Å². The second-order valence-electron chi connectivity index (χ2n) is 7.27. The summed E-state index contributed by atoms with van der Waals surface area (Å²) >= 11 is 1.70. The van der Waals surface area contributed by atoms with Crippen molar-refractivity contribution in [2.75, 3.05) is 7.11 Å². The molecule has 2 unspecified atom stereocenters. The lowest BCUT2D eigenvalue weighted by Crippen LogP contribution is -2.46. The van der Waals surface area contributed by atoms with Crippen LogP contribution in [-0.2, 0) is 16.6 Å². The van der Waals surface area contributed by atoms with Crippen molar-refractivity contribution in [3.05, 3.63) is 16.1 Å². The van der Waals surface area contributed by atoms with Gasteiger partial charge in [-0.3, -0.25) is 0 Å². The van der Waals surface area contributed by atoms with Crippen LogP contribution in [0.1, 0.15) is 52.2 Å². The summed E-state index contributed by atoms with van der Waals surface area (Å²) in [6, 6.07) is -0.0241. The number of hydrogen-bond donors (Lipinski definition) is 1. The van der Waals surface area contributed by atoms with Gasteiger partial charge in [0.05, 0.1) is 16.8 Å². The lowest BCUT2D eigenvalue weighted by atomic mass is 9.84. The van der Waals surface area contributed by atoms with Crippen LogP contribution < -0.4 is 5.73 Å². The predicted octanol–water partition coefficient (Wildman–Crippen LogP) is 3.37. The normalized spacial score (nSPS) is 16.4. The highest BCUT2D eigenvalue weighted by Crippen LogP contribution is 2.28. The Morgan fingerprint density at radius 2 is 1.84 bits per heavy atom. The van der Waals surface area contributed by atoms with Gasteiger partial charge in [0.15, 0.2) is 0 Å². The molecular weight excluding hydrogens is 256 g/mol. The summed E-state index contributed by atoms with van der Waals surface area (Å²) in [5.41, 5.74) is 7.59. The fourth-order valence-electron chi connectivity index (χ4n) is 2.23. The molecule has 0 fully saturated rings. The maximum Gasteiger partial charge on any atom is 0.0944 e. The van der Waals surface area contributed by atoms with Gasteiger partial charge in [-0.25, -0.2) is 4.98 Å². The van der Waals surface area contributed by atoms with Crippen LogP contribution in [0.5, 0.6) is 0 Å². The average molecular weight is 284 g/mol. The van der Waals surface area contributed by atoms with E-state index in [-0.39, 0.29) is 23.0 Å². The minimum atomic E-state index is -0.0241. The molecule has 0 aliphatic carbocycles.